The van der Waals surface area contributed by atoms with Crippen molar-refractivity contribution in [3.63, 3.8) is 0 Å². The molecule has 3 saturated heterocycles. The number of rotatable bonds is 1. The number of hydrogen-bond donors (Lipinski definition) is 0. The molecule has 3 nitrogen and oxygen atoms in total. The van der Waals surface area contributed by atoms with Crippen LogP contribution >= 0.6 is 0 Å². The number of likely N-dealkylation sites (tertiary alicyclic amines) is 2. The van der Waals surface area contributed by atoms with E-state index in [4.69, 9.17) is 4.74 Å². The summed E-state index contributed by atoms with van der Waals surface area (Å²) in [5, 5.41) is 0. The summed E-state index contributed by atoms with van der Waals surface area (Å²) in [6, 6.07) is 0.688. The third-order valence-corrected chi connectivity index (χ3v) is 4.77. The Labute approximate surface area is 92.4 Å². The van der Waals surface area contributed by atoms with Gasteiger partial charge >= 0.3 is 0 Å². The van der Waals surface area contributed by atoms with Crippen LogP contribution < -0.4 is 0 Å². The Morgan fingerprint density at radius 3 is 2.00 bits per heavy atom. The lowest BCUT2D eigenvalue weighted by Crippen LogP contribution is -2.38. The summed E-state index contributed by atoms with van der Waals surface area (Å²) in [5.41, 5.74) is 0.901. The summed E-state index contributed by atoms with van der Waals surface area (Å²) in [6.07, 6.45) is 0. The second-order valence-electron chi connectivity index (χ2n) is 6.22. The average molecular weight is 210 g/mol. The van der Waals surface area contributed by atoms with Gasteiger partial charge in [-0.25, -0.2) is 0 Å². The van der Waals surface area contributed by atoms with Crippen molar-refractivity contribution in [2.45, 2.75) is 19.9 Å². The first-order valence-corrected chi connectivity index (χ1v) is 6.07. The van der Waals surface area contributed by atoms with Crippen molar-refractivity contribution in [3.05, 3.63) is 0 Å². The van der Waals surface area contributed by atoms with Crippen LogP contribution in [-0.2, 0) is 4.74 Å². The summed E-state index contributed by atoms with van der Waals surface area (Å²) < 4.78 is 5.78. The van der Waals surface area contributed by atoms with Crippen molar-refractivity contribution in [1.29, 1.82) is 0 Å². The van der Waals surface area contributed by atoms with E-state index in [1.54, 1.807) is 0 Å². The molecule has 3 heteroatoms. The lowest BCUT2D eigenvalue weighted by atomic mass is 9.71. The fourth-order valence-corrected chi connectivity index (χ4v) is 3.99. The van der Waals surface area contributed by atoms with Crippen molar-refractivity contribution in [1.82, 2.24) is 9.80 Å². The van der Waals surface area contributed by atoms with Crippen molar-refractivity contribution in [2.24, 2.45) is 10.8 Å². The molecule has 0 aliphatic carbocycles. The van der Waals surface area contributed by atoms with Gasteiger partial charge in [-0.1, -0.05) is 0 Å². The highest BCUT2D eigenvalue weighted by Gasteiger charge is 2.65. The molecule has 0 saturated carbocycles. The molecule has 2 atom stereocenters. The van der Waals surface area contributed by atoms with E-state index in [1.807, 2.05) is 0 Å². The molecule has 2 unspecified atom stereocenters. The highest BCUT2D eigenvalue weighted by Crippen LogP contribution is 2.55. The monoisotopic (exact) mass is 210 g/mol. The standard InChI is InChI=1S/C12H22N2O/c1-10(2)14-6-11-4-13(3)5-12(11,7-14)9-15-8-11/h10H,4-9H2,1-3H3. The molecule has 0 radical (unpaired) electrons. The van der Waals surface area contributed by atoms with Crippen molar-refractivity contribution in [3.8, 4) is 0 Å². The van der Waals surface area contributed by atoms with Gasteiger partial charge in [-0.2, -0.15) is 0 Å². The van der Waals surface area contributed by atoms with Crippen molar-refractivity contribution in [2.75, 3.05) is 46.4 Å². The van der Waals surface area contributed by atoms with E-state index in [-0.39, 0.29) is 0 Å². The second kappa shape index (κ2) is 2.96. The van der Waals surface area contributed by atoms with Gasteiger partial charge in [-0.3, -0.25) is 4.90 Å². The van der Waals surface area contributed by atoms with Crippen LogP contribution in [0.2, 0.25) is 0 Å². The summed E-state index contributed by atoms with van der Waals surface area (Å²) in [6.45, 7) is 11.6. The van der Waals surface area contributed by atoms with Crippen LogP contribution in [0.1, 0.15) is 13.8 Å². The molecule has 3 aliphatic rings. The van der Waals surface area contributed by atoms with Crippen LogP contribution in [0.15, 0.2) is 0 Å². The molecule has 3 rings (SSSR count). The van der Waals surface area contributed by atoms with Gasteiger partial charge in [0.25, 0.3) is 0 Å². The number of nitrogens with zero attached hydrogens (tertiary/aromatic N) is 2. The van der Waals surface area contributed by atoms with Crippen LogP contribution in [0.4, 0.5) is 0 Å². The second-order valence-corrected chi connectivity index (χ2v) is 6.22. The Hall–Kier alpha value is -0.120. The van der Waals surface area contributed by atoms with Gasteiger partial charge < -0.3 is 9.64 Å². The lowest BCUT2D eigenvalue weighted by molar-refractivity contribution is 0.0889. The highest BCUT2D eigenvalue weighted by molar-refractivity contribution is 5.16. The van der Waals surface area contributed by atoms with Gasteiger partial charge in [-0.05, 0) is 20.9 Å². The minimum atomic E-state index is 0.450. The zero-order valence-electron chi connectivity index (χ0n) is 10.1. The first-order chi connectivity index (χ1) is 7.07. The Balaban J connectivity index is 1.91. The molecule has 3 heterocycles. The normalized spacial score (nSPS) is 46.4. The Kier molecular flexibility index (Phi) is 1.99. The minimum absolute atomic E-state index is 0.450. The maximum absolute atomic E-state index is 5.78. The van der Waals surface area contributed by atoms with Gasteiger partial charge in [0, 0.05) is 43.1 Å². The van der Waals surface area contributed by atoms with Crippen molar-refractivity contribution < 1.29 is 4.74 Å². The van der Waals surface area contributed by atoms with E-state index in [9.17, 15) is 0 Å². The Morgan fingerprint density at radius 1 is 1.00 bits per heavy atom. The fraction of sp³-hybridized carbons (Fsp3) is 1.00. The summed E-state index contributed by atoms with van der Waals surface area (Å²) in [5.74, 6) is 0. The maximum atomic E-state index is 5.78. The fourth-order valence-electron chi connectivity index (χ4n) is 3.99. The Morgan fingerprint density at radius 2 is 1.53 bits per heavy atom. The van der Waals surface area contributed by atoms with Crippen LogP contribution in [0.3, 0.4) is 0 Å². The molecule has 0 N–H and O–H groups in total. The van der Waals surface area contributed by atoms with Crippen LogP contribution in [0.25, 0.3) is 0 Å². The van der Waals surface area contributed by atoms with E-state index in [1.165, 1.54) is 26.2 Å². The first kappa shape index (κ1) is 10.1. The zero-order valence-corrected chi connectivity index (χ0v) is 10.1. The third-order valence-electron chi connectivity index (χ3n) is 4.77. The van der Waals surface area contributed by atoms with Gasteiger partial charge in [0.2, 0.25) is 0 Å². The third kappa shape index (κ3) is 1.17. The molecule has 0 aromatic rings. The largest absolute Gasteiger partial charge is 0.380 e. The lowest BCUT2D eigenvalue weighted by Gasteiger charge is -2.27. The molecule has 15 heavy (non-hydrogen) atoms. The van der Waals surface area contributed by atoms with Gasteiger partial charge in [0.1, 0.15) is 0 Å². The first-order valence-electron chi connectivity index (χ1n) is 6.07. The van der Waals surface area contributed by atoms with E-state index in [0.717, 1.165) is 13.2 Å². The van der Waals surface area contributed by atoms with E-state index < -0.39 is 0 Å². The van der Waals surface area contributed by atoms with Crippen LogP contribution in [0, 0.1) is 10.8 Å². The molecule has 3 aliphatic heterocycles. The van der Waals surface area contributed by atoms with Gasteiger partial charge in [0.05, 0.1) is 13.2 Å². The molecule has 0 aromatic carbocycles. The zero-order chi connectivity index (χ0) is 10.7. The SMILES string of the molecule is CC(C)N1CC23COCC2(CN(C)C3)C1. The molecule has 0 amide bonds. The van der Waals surface area contributed by atoms with Gasteiger partial charge in [-0.15, -0.1) is 0 Å². The van der Waals surface area contributed by atoms with Gasteiger partial charge in [0.15, 0.2) is 0 Å². The summed E-state index contributed by atoms with van der Waals surface area (Å²) >= 11 is 0. The average Bonchev–Trinajstić information content (AvgIpc) is 2.60. The van der Waals surface area contributed by atoms with Crippen LogP contribution in [0.5, 0.6) is 0 Å². The number of hydrogen-bond acceptors (Lipinski definition) is 3. The Bertz CT molecular complexity index is 259. The smallest absolute Gasteiger partial charge is 0.0554 e. The highest BCUT2D eigenvalue weighted by atomic mass is 16.5. The van der Waals surface area contributed by atoms with E-state index in [2.05, 4.69) is 30.7 Å². The maximum Gasteiger partial charge on any atom is 0.0554 e. The van der Waals surface area contributed by atoms with Crippen LogP contribution in [-0.4, -0.2) is 62.3 Å². The molecule has 0 bridgehead atoms. The predicted octanol–water partition coefficient (Wildman–Crippen LogP) is 0.659. The molecule has 0 spiro atoms. The molecule has 86 valence electrons. The molecular weight excluding hydrogens is 188 g/mol. The van der Waals surface area contributed by atoms with E-state index >= 15 is 0 Å². The van der Waals surface area contributed by atoms with E-state index in [0.29, 0.717) is 16.9 Å². The molecule has 0 aromatic heterocycles. The quantitative estimate of drug-likeness (QED) is 0.632. The predicted molar refractivity (Wildman–Crippen MR) is 59.9 cm³/mol. The minimum Gasteiger partial charge on any atom is -0.380 e. The summed E-state index contributed by atoms with van der Waals surface area (Å²) in [7, 11) is 2.26. The molecular formula is C12H22N2O. The molecule has 3 fully saturated rings. The summed E-state index contributed by atoms with van der Waals surface area (Å²) in [4.78, 5) is 5.15. The number of ether oxygens (including phenoxy) is 1. The van der Waals surface area contributed by atoms with Crippen molar-refractivity contribution >= 4 is 0 Å². The topological polar surface area (TPSA) is 15.7 Å².